The van der Waals surface area contributed by atoms with Gasteiger partial charge in [0.1, 0.15) is 0 Å². The first-order valence-corrected chi connectivity index (χ1v) is 9.87. The minimum absolute atomic E-state index is 0.213. The van der Waals surface area contributed by atoms with Gasteiger partial charge in [-0.1, -0.05) is 52.2 Å². The molecule has 0 N–H and O–H groups in total. The van der Waals surface area contributed by atoms with E-state index >= 15 is 0 Å². The fraction of sp³-hybridized carbons (Fsp3) is 0.0455. The molecule has 4 rings (SSSR count). The molecule has 0 atom stereocenters. The minimum Gasteiger partial charge on any atom is -0.324 e. The molecule has 144 valence electrons. The van der Waals surface area contributed by atoms with Crippen molar-refractivity contribution in [2.75, 3.05) is 0 Å². The van der Waals surface area contributed by atoms with Crippen LogP contribution in [-0.2, 0) is 4.84 Å². The molecule has 3 aromatic carbocycles. The molecule has 1 aliphatic heterocycles. The summed E-state index contributed by atoms with van der Waals surface area (Å²) in [5, 5.41) is 1.13. The summed E-state index contributed by atoms with van der Waals surface area (Å²) in [6, 6.07) is 18.9. The first-order valence-electron chi connectivity index (χ1n) is 8.68. The van der Waals surface area contributed by atoms with E-state index in [1.807, 2.05) is 25.1 Å². The van der Waals surface area contributed by atoms with E-state index in [9.17, 15) is 14.4 Å². The molecule has 0 saturated carbocycles. The number of fused-ring (bicyclic) bond motifs is 1. The van der Waals surface area contributed by atoms with Crippen molar-refractivity contribution in [3.05, 3.63) is 94.0 Å². The Morgan fingerprint density at radius 1 is 0.931 bits per heavy atom. The molecule has 0 aliphatic carbocycles. The van der Waals surface area contributed by atoms with Crippen molar-refractivity contribution in [3.63, 3.8) is 0 Å². The molecule has 0 unspecified atom stereocenters. The molecule has 0 spiro atoms. The summed E-state index contributed by atoms with van der Waals surface area (Å²) in [6.45, 7) is 1.84. The summed E-state index contributed by atoms with van der Waals surface area (Å²) in [5.74, 6) is -2.09. The molecule has 0 fully saturated rings. The fourth-order valence-electron chi connectivity index (χ4n) is 2.90. The van der Waals surface area contributed by atoms with Gasteiger partial charge in [-0.25, -0.2) is 4.79 Å². The van der Waals surface area contributed by atoms with Crippen LogP contribution in [0, 0.1) is 6.92 Å². The van der Waals surface area contributed by atoms with Gasteiger partial charge in [0.25, 0.3) is 11.8 Å². The molecular formula is C22H14ClNO4S. The highest BCUT2D eigenvalue weighted by atomic mass is 35.5. The van der Waals surface area contributed by atoms with Crippen molar-refractivity contribution in [2.45, 2.75) is 16.7 Å². The molecule has 29 heavy (non-hydrogen) atoms. The van der Waals surface area contributed by atoms with Crippen LogP contribution in [0.15, 0.2) is 76.5 Å². The molecule has 0 aromatic heterocycles. The number of nitrogens with zero attached hydrogens (tertiary/aromatic N) is 1. The Labute approximate surface area is 176 Å². The van der Waals surface area contributed by atoms with E-state index < -0.39 is 17.8 Å². The van der Waals surface area contributed by atoms with Crippen LogP contribution in [-0.4, -0.2) is 22.8 Å². The Morgan fingerprint density at radius 2 is 1.55 bits per heavy atom. The summed E-state index contributed by atoms with van der Waals surface area (Å²) < 4.78 is 0. The first-order chi connectivity index (χ1) is 13.9. The van der Waals surface area contributed by atoms with Crippen molar-refractivity contribution in [2.24, 2.45) is 0 Å². The van der Waals surface area contributed by atoms with Gasteiger partial charge in [0.2, 0.25) is 0 Å². The zero-order valence-corrected chi connectivity index (χ0v) is 16.8. The van der Waals surface area contributed by atoms with Gasteiger partial charge in [0.15, 0.2) is 0 Å². The Hall–Kier alpha value is -3.09. The van der Waals surface area contributed by atoms with Gasteiger partial charge in [-0.3, -0.25) is 9.59 Å². The number of benzene rings is 3. The number of aryl methyl sites for hydroxylation is 1. The van der Waals surface area contributed by atoms with Gasteiger partial charge in [0.05, 0.1) is 16.7 Å². The van der Waals surface area contributed by atoms with Crippen molar-refractivity contribution in [3.8, 4) is 0 Å². The Bertz CT molecular complexity index is 1110. The van der Waals surface area contributed by atoms with Crippen molar-refractivity contribution < 1.29 is 19.2 Å². The number of rotatable bonds is 4. The predicted octanol–water partition coefficient (Wildman–Crippen LogP) is 5.17. The van der Waals surface area contributed by atoms with Crippen LogP contribution < -0.4 is 0 Å². The van der Waals surface area contributed by atoms with Crippen LogP contribution in [0.4, 0.5) is 0 Å². The zero-order chi connectivity index (χ0) is 20.5. The minimum atomic E-state index is -0.778. The maximum Gasteiger partial charge on any atom is 0.365 e. The van der Waals surface area contributed by atoms with Crippen molar-refractivity contribution >= 4 is 41.1 Å². The lowest BCUT2D eigenvalue weighted by molar-refractivity contribution is -0.0587. The summed E-state index contributed by atoms with van der Waals surface area (Å²) in [4.78, 5) is 44.5. The molecule has 1 aliphatic rings. The Morgan fingerprint density at radius 3 is 2.17 bits per heavy atom. The Kier molecular flexibility index (Phi) is 5.13. The van der Waals surface area contributed by atoms with Gasteiger partial charge < -0.3 is 4.84 Å². The van der Waals surface area contributed by atoms with E-state index in [1.165, 1.54) is 23.9 Å². The van der Waals surface area contributed by atoms with Gasteiger partial charge in [-0.2, -0.15) is 0 Å². The topological polar surface area (TPSA) is 63.7 Å². The van der Waals surface area contributed by atoms with Crippen LogP contribution in [0.2, 0.25) is 5.02 Å². The SMILES string of the molecule is Cc1ccc(Sc2ccc(Cl)cc2)c(C(=O)ON2C(=O)c3ccccc3C2=O)c1. The van der Waals surface area contributed by atoms with Crippen molar-refractivity contribution in [1.29, 1.82) is 0 Å². The molecule has 2 amide bonds. The van der Waals surface area contributed by atoms with Crippen LogP contribution in [0.5, 0.6) is 0 Å². The first kappa shape index (κ1) is 19.2. The molecule has 5 nitrogen and oxygen atoms in total. The van der Waals surface area contributed by atoms with Gasteiger partial charge in [-0.05, 0) is 55.5 Å². The average Bonchev–Trinajstić information content (AvgIpc) is 2.96. The van der Waals surface area contributed by atoms with Crippen LogP contribution in [0.3, 0.4) is 0 Å². The van der Waals surface area contributed by atoms with E-state index in [1.54, 1.807) is 36.4 Å². The molecule has 7 heteroatoms. The molecular weight excluding hydrogens is 410 g/mol. The highest BCUT2D eigenvalue weighted by Crippen LogP contribution is 2.33. The van der Waals surface area contributed by atoms with Crippen LogP contribution in [0.25, 0.3) is 0 Å². The molecule has 0 bridgehead atoms. The number of hydroxylamine groups is 2. The molecule has 3 aromatic rings. The van der Waals surface area contributed by atoms with Crippen LogP contribution in [0.1, 0.15) is 36.6 Å². The number of carbonyl (C=O) groups is 3. The third-order valence-electron chi connectivity index (χ3n) is 4.33. The third kappa shape index (κ3) is 3.77. The number of imide groups is 1. The molecule has 0 radical (unpaired) electrons. The van der Waals surface area contributed by atoms with E-state index in [0.29, 0.717) is 15.0 Å². The highest BCUT2D eigenvalue weighted by molar-refractivity contribution is 7.99. The quantitative estimate of drug-likeness (QED) is 0.542. The summed E-state index contributed by atoms with van der Waals surface area (Å²) in [5.41, 5.74) is 1.54. The monoisotopic (exact) mass is 423 g/mol. The maximum atomic E-state index is 12.9. The second kappa shape index (κ2) is 7.73. The van der Waals surface area contributed by atoms with E-state index in [0.717, 1.165) is 10.5 Å². The summed E-state index contributed by atoms with van der Waals surface area (Å²) >= 11 is 7.28. The summed E-state index contributed by atoms with van der Waals surface area (Å²) in [7, 11) is 0. The number of amides is 2. The predicted molar refractivity (Wildman–Crippen MR) is 109 cm³/mol. The molecule has 1 heterocycles. The average molecular weight is 424 g/mol. The number of hydrogen-bond acceptors (Lipinski definition) is 5. The highest BCUT2D eigenvalue weighted by Gasteiger charge is 2.39. The number of carbonyl (C=O) groups excluding carboxylic acids is 3. The normalized spacial score (nSPS) is 12.8. The van der Waals surface area contributed by atoms with Crippen LogP contribution >= 0.6 is 23.4 Å². The second-order valence-electron chi connectivity index (χ2n) is 6.38. The lowest BCUT2D eigenvalue weighted by Crippen LogP contribution is -2.32. The lowest BCUT2D eigenvalue weighted by Gasteiger charge is -2.15. The van der Waals surface area contributed by atoms with Gasteiger partial charge in [-0.15, -0.1) is 0 Å². The largest absolute Gasteiger partial charge is 0.365 e. The lowest BCUT2D eigenvalue weighted by atomic mass is 10.1. The second-order valence-corrected chi connectivity index (χ2v) is 7.94. The standard InChI is InChI=1S/C22H14ClNO4S/c1-13-6-11-19(29-15-9-7-14(23)8-10-15)18(12-13)22(27)28-24-20(25)16-4-2-3-5-17(16)21(24)26/h2-12H,1H3. The third-order valence-corrected chi connectivity index (χ3v) is 5.66. The fourth-order valence-corrected chi connectivity index (χ4v) is 3.94. The van der Waals surface area contributed by atoms with E-state index in [-0.39, 0.29) is 16.7 Å². The zero-order valence-electron chi connectivity index (χ0n) is 15.2. The molecule has 0 saturated heterocycles. The van der Waals surface area contributed by atoms with Gasteiger partial charge in [0, 0.05) is 14.8 Å². The van der Waals surface area contributed by atoms with E-state index in [4.69, 9.17) is 16.4 Å². The van der Waals surface area contributed by atoms with Crippen molar-refractivity contribution in [1.82, 2.24) is 5.06 Å². The Balaban J connectivity index is 1.61. The number of halogens is 1. The van der Waals surface area contributed by atoms with Gasteiger partial charge >= 0.3 is 5.97 Å². The smallest absolute Gasteiger partial charge is 0.324 e. The number of hydrogen-bond donors (Lipinski definition) is 0. The summed E-state index contributed by atoms with van der Waals surface area (Å²) in [6.07, 6.45) is 0. The van der Waals surface area contributed by atoms with E-state index in [2.05, 4.69) is 0 Å². The maximum absolute atomic E-state index is 12.9.